The fourth-order valence-electron chi connectivity index (χ4n) is 3.45. The first-order valence-corrected chi connectivity index (χ1v) is 9.91. The Morgan fingerprint density at radius 2 is 1.74 bits per heavy atom. The lowest BCUT2D eigenvalue weighted by atomic mass is 10.0. The Hall–Kier alpha value is -4.24. The molecule has 6 nitrogen and oxygen atoms in total. The Morgan fingerprint density at radius 3 is 2.39 bits per heavy atom. The molecule has 0 fully saturated rings. The first-order valence-electron chi connectivity index (χ1n) is 9.91. The number of carbonyl (C=O) groups is 2. The molecule has 0 unspecified atom stereocenters. The van der Waals surface area contributed by atoms with Gasteiger partial charge in [-0.15, -0.1) is 0 Å². The zero-order chi connectivity index (χ0) is 22.0. The molecule has 0 spiro atoms. The summed E-state index contributed by atoms with van der Waals surface area (Å²) < 4.78 is 1.72. The maximum atomic E-state index is 13.1. The largest absolute Gasteiger partial charge is 0.311 e. The van der Waals surface area contributed by atoms with Crippen LogP contribution in [-0.4, -0.2) is 28.4 Å². The molecule has 0 saturated carbocycles. The SMILES string of the molecule is CCC(=O)c1ccc(-c2cnn3ccc(C(=O)N(C)c4ccc(C#N)cc4)cc23)cc1. The number of pyridine rings is 1. The van der Waals surface area contributed by atoms with E-state index in [1.165, 1.54) is 0 Å². The maximum Gasteiger partial charge on any atom is 0.258 e. The molecule has 0 aliphatic carbocycles. The van der Waals surface area contributed by atoms with Gasteiger partial charge in [0.25, 0.3) is 5.91 Å². The van der Waals surface area contributed by atoms with Gasteiger partial charge in [0.2, 0.25) is 0 Å². The van der Waals surface area contributed by atoms with E-state index >= 15 is 0 Å². The summed E-state index contributed by atoms with van der Waals surface area (Å²) in [6.07, 6.45) is 3.98. The Labute approximate surface area is 180 Å². The maximum absolute atomic E-state index is 13.1. The van der Waals surface area contributed by atoms with Gasteiger partial charge in [0, 0.05) is 42.0 Å². The van der Waals surface area contributed by atoms with Crippen molar-refractivity contribution in [3.05, 3.63) is 89.7 Å². The Morgan fingerprint density at radius 1 is 1.03 bits per heavy atom. The monoisotopic (exact) mass is 408 g/mol. The van der Waals surface area contributed by atoms with Crippen LogP contribution in [0.4, 0.5) is 5.69 Å². The van der Waals surface area contributed by atoms with Crippen LogP contribution < -0.4 is 4.90 Å². The van der Waals surface area contributed by atoms with Crippen LogP contribution in [0.3, 0.4) is 0 Å². The topological polar surface area (TPSA) is 78.5 Å². The normalized spacial score (nSPS) is 10.6. The lowest BCUT2D eigenvalue weighted by Crippen LogP contribution is -2.26. The van der Waals surface area contributed by atoms with Crippen molar-refractivity contribution in [1.29, 1.82) is 5.26 Å². The Kier molecular flexibility index (Phi) is 5.33. The second-order valence-electron chi connectivity index (χ2n) is 7.18. The summed E-state index contributed by atoms with van der Waals surface area (Å²) in [6.45, 7) is 1.84. The molecule has 1 amide bonds. The van der Waals surface area contributed by atoms with Crippen molar-refractivity contribution in [2.75, 3.05) is 11.9 Å². The first kappa shape index (κ1) is 20.0. The number of ketones is 1. The minimum atomic E-state index is -0.164. The van der Waals surface area contributed by atoms with Gasteiger partial charge in [0.05, 0.1) is 23.3 Å². The van der Waals surface area contributed by atoms with E-state index in [1.54, 1.807) is 59.2 Å². The minimum absolute atomic E-state index is 0.102. The van der Waals surface area contributed by atoms with E-state index < -0.39 is 0 Å². The van der Waals surface area contributed by atoms with Crippen LogP contribution >= 0.6 is 0 Å². The zero-order valence-corrected chi connectivity index (χ0v) is 17.2. The molecule has 0 bridgehead atoms. The van der Waals surface area contributed by atoms with Crippen molar-refractivity contribution in [3.8, 4) is 17.2 Å². The number of Topliss-reactive ketones (excluding diaryl/α,β-unsaturated/α-hetero) is 1. The van der Waals surface area contributed by atoms with Crippen molar-refractivity contribution in [2.24, 2.45) is 0 Å². The molecule has 6 heteroatoms. The van der Waals surface area contributed by atoms with Crippen LogP contribution in [0.15, 0.2) is 73.1 Å². The molecule has 2 heterocycles. The van der Waals surface area contributed by atoms with Gasteiger partial charge in [-0.2, -0.15) is 10.4 Å². The number of nitriles is 1. The predicted octanol–water partition coefficient (Wildman–Crippen LogP) is 4.74. The van der Waals surface area contributed by atoms with E-state index in [9.17, 15) is 9.59 Å². The molecule has 2 aromatic heterocycles. The highest BCUT2D eigenvalue weighted by Crippen LogP contribution is 2.26. The third kappa shape index (κ3) is 3.81. The van der Waals surface area contributed by atoms with Gasteiger partial charge >= 0.3 is 0 Å². The van der Waals surface area contributed by atoms with Crippen molar-refractivity contribution in [2.45, 2.75) is 13.3 Å². The highest BCUT2D eigenvalue weighted by atomic mass is 16.2. The Bertz CT molecular complexity index is 1310. The Balaban J connectivity index is 1.67. The molecule has 0 radical (unpaired) electrons. The number of carbonyl (C=O) groups excluding carboxylic acids is 2. The third-order valence-electron chi connectivity index (χ3n) is 5.30. The second kappa shape index (κ2) is 8.25. The van der Waals surface area contributed by atoms with Gasteiger partial charge in [-0.1, -0.05) is 31.2 Å². The molecule has 0 aliphatic heterocycles. The summed E-state index contributed by atoms with van der Waals surface area (Å²) in [5.74, 6) is -0.0617. The summed E-state index contributed by atoms with van der Waals surface area (Å²) in [7, 11) is 1.70. The highest BCUT2D eigenvalue weighted by molar-refractivity contribution is 6.06. The molecule has 152 valence electrons. The number of benzene rings is 2. The lowest BCUT2D eigenvalue weighted by molar-refractivity contribution is 0.0982. The standard InChI is InChI=1S/C25H20N4O2/c1-3-24(30)19-8-6-18(7-9-19)22-16-27-29-13-12-20(14-23(22)29)25(31)28(2)21-10-4-17(15-26)5-11-21/h4-14,16H,3H2,1-2H3. The minimum Gasteiger partial charge on any atom is -0.311 e. The lowest BCUT2D eigenvalue weighted by Gasteiger charge is -2.17. The highest BCUT2D eigenvalue weighted by Gasteiger charge is 2.16. The average Bonchev–Trinajstić information content (AvgIpc) is 3.26. The van der Waals surface area contributed by atoms with Gasteiger partial charge in [0.1, 0.15) is 0 Å². The molecule has 2 aromatic carbocycles. The summed E-state index contributed by atoms with van der Waals surface area (Å²) in [4.78, 5) is 26.5. The number of fused-ring (bicyclic) bond motifs is 1. The van der Waals surface area contributed by atoms with Crippen LogP contribution in [0.2, 0.25) is 0 Å². The zero-order valence-electron chi connectivity index (χ0n) is 17.2. The fraction of sp³-hybridized carbons (Fsp3) is 0.120. The van der Waals surface area contributed by atoms with Crippen LogP contribution in [-0.2, 0) is 0 Å². The molecule has 31 heavy (non-hydrogen) atoms. The van der Waals surface area contributed by atoms with E-state index in [-0.39, 0.29) is 11.7 Å². The van der Waals surface area contributed by atoms with Gasteiger partial charge in [-0.3, -0.25) is 9.59 Å². The van der Waals surface area contributed by atoms with Crippen molar-refractivity contribution < 1.29 is 9.59 Å². The number of aromatic nitrogens is 2. The van der Waals surface area contributed by atoms with E-state index in [0.717, 1.165) is 16.6 Å². The number of amides is 1. The second-order valence-corrected chi connectivity index (χ2v) is 7.18. The average molecular weight is 408 g/mol. The van der Waals surface area contributed by atoms with Crippen LogP contribution in [0.25, 0.3) is 16.6 Å². The summed E-state index contributed by atoms with van der Waals surface area (Å²) in [6, 6.07) is 19.9. The molecule has 0 N–H and O–H groups in total. The van der Waals surface area contributed by atoms with Crippen LogP contribution in [0, 0.1) is 11.3 Å². The molecular weight excluding hydrogens is 388 g/mol. The van der Waals surface area contributed by atoms with Gasteiger partial charge < -0.3 is 4.90 Å². The first-order chi connectivity index (χ1) is 15.0. The van der Waals surface area contributed by atoms with Gasteiger partial charge in [-0.25, -0.2) is 4.52 Å². The molecule has 0 aliphatic rings. The quantitative estimate of drug-likeness (QED) is 0.447. The summed E-state index contributed by atoms with van der Waals surface area (Å²) in [5, 5.41) is 13.3. The molecule has 4 rings (SSSR count). The molecule has 0 saturated heterocycles. The van der Waals surface area contributed by atoms with Crippen LogP contribution in [0.1, 0.15) is 39.6 Å². The fourth-order valence-corrected chi connectivity index (χ4v) is 3.45. The summed E-state index contributed by atoms with van der Waals surface area (Å²) >= 11 is 0. The summed E-state index contributed by atoms with van der Waals surface area (Å²) in [5.41, 5.74) is 5.06. The van der Waals surface area contributed by atoms with E-state index in [0.29, 0.717) is 28.8 Å². The number of rotatable bonds is 5. The van der Waals surface area contributed by atoms with E-state index in [2.05, 4.69) is 11.2 Å². The number of hydrogen-bond acceptors (Lipinski definition) is 4. The molecule has 4 aromatic rings. The molecular formula is C25H20N4O2. The van der Waals surface area contributed by atoms with E-state index in [1.807, 2.05) is 37.3 Å². The smallest absolute Gasteiger partial charge is 0.258 e. The van der Waals surface area contributed by atoms with Crippen molar-refractivity contribution >= 4 is 22.9 Å². The van der Waals surface area contributed by atoms with Crippen molar-refractivity contribution in [3.63, 3.8) is 0 Å². The van der Waals surface area contributed by atoms with Crippen molar-refractivity contribution in [1.82, 2.24) is 9.61 Å². The molecule has 0 atom stereocenters. The third-order valence-corrected chi connectivity index (χ3v) is 5.30. The number of nitrogens with zero attached hydrogens (tertiary/aromatic N) is 4. The van der Waals surface area contributed by atoms with Gasteiger partial charge in [-0.05, 0) is 42.0 Å². The van der Waals surface area contributed by atoms with E-state index in [4.69, 9.17) is 5.26 Å². The predicted molar refractivity (Wildman–Crippen MR) is 119 cm³/mol. The number of anilines is 1. The van der Waals surface area contributed by atoms with Crippen LogP contribution in [0.5, 0.6) is 0 Å². The van der Waals surface area contributed by atoms with Gasteiger partial charge in [0.15, 0.2) is 5.78 Å². The number of hydrogen-bond donors (Lipinski definition) is 0.